The average molecular weight is 343 g/mol. The van der Waals surface area contributed by atoms with E-state index in [1.807, 2.05) is 0 Å². The highest BCUT2D eigenvalue weighted by atomic mass is 79.9. The average Bonchev–Trinajstić information content (AvgIpc) is 2.81. The first-order valence-corrected chi connectivity index (χ1v) is 6.68. The van der Waals surface area contributed by atoms with E-state index in [9.17, 15) is 14.0 Å². The monoisotopic (exact) mass is 342 g/mol. The SMILES string of the molecule is O=C(Nc1ccc(Br)cc1F)NC1C=CC(C(=O)O)C1. The molecule has 2 rings (SSSR count). The normalized spacial score (nSPS) is 20.7. The number of carbonyl (C=O) groups is 2. The van der Waals surface area contributed by atoms with Crippen LogP contribution in [0.2, 0.25) is 0 Å². The molecule has 20 heavy (non-hydrogen) atoms. The third-order valence-electron chi connectivity index (χ3n) is 2.90. The summed E-state index contributed by atoms with van der Waals surface area (Å²) in [7, 11) is 0. The fraction of sp³-hybridized carbons (Fsp3) is 0.231. The van der Waals surface area contributed by atoms with Gasteiger partial charge in [0.05, 0.1) is 17.6 Å². The van der Waals surface area contributed by atoms with E-state index in [2.05, 4.69) is 26.6 Å². The number of anilines is 1. The van der Waals surface area contributed by atoms with Crippen LogP contribution in [0.4, 0.5) is 14.9 Å². The van der Waals surface area contributed by atoms with Gasteiger partial charge in [-0.3, -0.25) is 4.79 Å². The molecule has 106 valence electrons. The zero-order valence-electron chi connectivity index (χ0n) is 10.3. The van der Waals surface area contributed by atoms with Gasteiger partial charge in [0.25, 0.3) is 0 Å². The molecule has 1 aliphatic rings. The van der Waals surface area contributed by atoms with Crippen LogP contribution in [-0.2, 0) is 4.79 Å². The summed E-state index contributed by atoms with van der Waals surface area (Å²) in [4.78, 5) is 22.5. The Labute approximate surface area is 123 Å². The fourth-order valence-electron chi connectivity index (χ4n) is 1.91. The largest absolute Gasteiger partial charge is 0.481 e. The topological polar surface area (TPSA) is 78.4 Å². The molecule has 0 aliphatic heterocycles. The first kappa shape index (κ1) is 14.5. The van der Waals surface area contributed by atoms with Crippen molar-refractivity contribution in [3.63, 3.8) is 0 Å². The molecule has 1 aromatic carbocycles. The van der Waals surface area contributed by atoms with E-state index in [1.54, 1.807) is 12.1 Å². The van der Waals surface area contributed by atoms with E-state index in [0.717, 1.165) is 0 Å². The van der Waals surface area contributed by atoms with E-state index in [-0.39, 0.29) is 11.7 Å². The molecule has 0 saturated heterocycles. The number of hydrogen-bond donors (Lipinski definition) is 3. The summed E-state index contributed by atoms with van der Waals surface area (Å²) in [5.41, 5.74) is 0.0578. The summed E-state index contributed by atoms with van der Waals surface area (Å²) in [6.45, 7) is 0. The summed E-state index contributed by atoms with van der Waals surface area (Å²) >= 11 is 3.12. The lowest BCUT2D eigenvalue weighted by Gasteiger charge is -2.13. The molecule has 0 bridgehead atoms. The number of rotatable bonds is 3. The summed E-state index contributed by atoms with van der Waals surface area (Å²) < 4.78 is 14.1. The Kier molecular flexibility index (Phi) is 4.39. The molecule has 1 aliphatic carbocycles. The molecule has 0 saturated carbocycles. The van der Waals surface area contributed by atoms with Gasteiger partial charge >= 0.3 is 12.0 Å². The Morgan fingerprint density at radius 1 is 1.35 bits per heavy atom. The second kappa shape index (κ2) is 6.04. The minimum Gasteiger partial charge on any atom is -0.481 e. The van der Waals surface area contributed by atoms with Crippen LogP contribution in [0.25, 0.3) is 0 Å². The summed E-state index contributed by atoms with van der Waals surface area (Å²) in [6, 6.07) is 3.34. The molecular formula is C13H12BrFN2O3. The molecule has 0 aromatic heterocycles. The van der Waals surface area contributed by atoms with Crippen molar-refractivity contribution in [2.45, 2.75) is 12.5 Å². The molecule has 2 atom stereocenters. The number of amides is 2. The fourth-order valence-corrected chi connectivity index (χ4v) is 2.24. The highest BCUT2D eigenvalue weighted by molar-refractivity contribution is 9.10. The molecule has 2 amide bonds. The number of benzene rings is 1. The Bertz CT molecular complexity index is 577. The molecule has 0 radical (unpaired) electrons. The first-order valence-electron chi connectivity index (χ1n) is 5.89. The molecule has 2 unspecified atom stereocenters. The molecule has 7 heteroatoms. The lowest BCUT2D eigenvalue weighted by molar-refractivity contribution is -0.140. The number of carboxylic acid groups (broad SMARTS) is 1. The van der Waals surface area contributed by atoms with Crippen molar-refractivity contribution in [1.82, 2.24) is 5.32 Å². The van der Waals surface area contributed by atoms with Crippen LogP contribution in [0.3, 0.4) is 0 Å². The predicted molar refractivity (Wildman–Crippen MR) is 74.9 cm³/mol. The van der Waals surface area contributed by atoms with Crippen molar-refractivity contribution in [2.24, 2.45) is 5.92 Å². The van der Waals surface area contributed by atoms with Crippen molar-refractivity contribution in [1.29, 1.82) is 0 Å². The number of carboxylic acids is 1. The van der Waals surface area contributed by atoms with Crippen LogP contribution in [0, 0.1) is 11.7 Å². The minimum atomic E-state index is -0.926. The molecule has 0 fully saturated rings. The predicted octanol–water partition coefficient (Wildman–Crippen LogP) is 2.74. The van der Waals surface area contributed by atoms with Crippen LogP contribution in [0.1, 0.15) is 6.42 Å². The molecule has 5 nitrogen and oxygen atoms in total. The van der Waals surface area contributed by atoms with Gasteiger partial charge in [-0.05, 0) is 24.6 Å². The smallest absolute Gasteiger partial charge is 0.319 e. The molecule has 3 N–H and O–H groups in total. The zero-order chi connectivity index (χ0) is 14.7. The van der Waals surface area contributed by atoms with Crippen LogP contribution in [0.5, 0.6) is 0 Å². The van der Waals surface area contributed by atoms with E-state index in [0.29, 0.717) is 10.9 Å². The van der Waals surface area contributed by atoms with Crippen LogP contribution in [-0.4, -0.2) is 23.1 Å². The van der Waals surface area contributed by atoms with Crippen molar-refractivity contribution in [3.05, 3.63) is 40.6 Å². The second-order valence-corrected chi connectivity index (χ2v) is 5.31. The van der Waals surface area contributed by atoms with Gasteiger partial charge in [0.15, 0.2) is 0 Å². The lowest BCUT2D eigenvalue weighted by Crippen LogP contribution is -2.36. The number of hydrogen-bond acceptors (Lipinski definition) is 2. The van der Waals surface area contributed by atoms with Gasteiger partial charge < -0.3 is 15.7 Å². The van der Waals surface area contributed by atoms with Gasteiger partial charge in [0.1, 0.15) is 5.82 Å². The van der Waals surface area contributed by atoms with Gasteiger partial charge in [-0.15, -0.1) is 0 Å². The highest BCUT2D eigenvalue weighted by Crippen LogP contribution is 2.20. The second-order valence-electron chi connectivity index (χ2n) is 4.39. The van der Waals surface area contributed by atoms with Gasteiger partial charge in [0, 0.05) is 4.47 Å². The summed E-state index contributed by atoms with van der Waals surface area (Å²) in [5.74, 6) is -2.07. The van der Waals surface area contributed by atoms with Gasteiger partial charge in [0.2, 0.25) is 0 Å². The maximum Gasteiger partial charge on any atom is 0.319 e. The third kappa shape index (κ3) is 3.57. The molecule has 0 heterocycles. The molecular weight excluding hydrogens is 331 g/mol. The lowest BCUT2D eigenvalue weighted by atomic mass is 10.1. The van der Waals surface area contributed by atoms with Crippen LogP contribution < -0.4 is 10.6 Å². The number of halogens is 2. The maximum atomic E-state index is 13.5. The van der Waals surface area contributed by atoms with E-state index >= 15 is 0 Å². The third-order valence-corrected chi connectivity index (χ3v) is 3.39. The Morgan fingerprint density at radius 2 is 2.10 bits per heavy atom. The number of nitrogens with one attached hydrogen (secondary N) is 2. The zero-order valence-corrected chi connectivity index (χ0v) is 11.9. The summed E-state index contributed by atoms with van der Waals surface area (Å²) in [5, 5.41) is 13.8. The van der Waals surface area contributed by atoms with Crippen molar-refractivity contribution in [2.75, 3.05) is 5.32 Å². The van der Waals surface area contributed by atoms with Crippen LogP contribution >= 0.6 is 15.9 Å². The van der Waals surface area contributed by atoms with Crippen molar-refractivity contribution in [3.8, 4) is 0 Å². The van der Waals surface area contributed by atoms with E-state index < -0.39 is 23.7 Å². The molecule has 0 spiro atoms. The standard InChI is InChI=1S/C13H12BrFN2O3/c14-8-2-4-11(10(15)6-8)17-13(20)16-9-3-1-7(5-9)12(18)19/h1-4,6-7,9H,5H2,(H,18,19)(H2,16,17,20). The Hall–Kier alpha value is -1.89. The van der Waals surface area contributed by atoms with Crippen molar-refractivity contribution < 1.29 is 19.1 Å². The van der Waals surface area contributed by atoms with Crippen molar-refractivity contribution >= 4 is 33.6 Å². The Morgan fingerprint density at radius 3 is 2.70 bits per heavy atom. The summed E-state index contributed by atoms with van der Waals surface area (Å²) in [6.07, 6.45) is 3.45. The van der Waals surface area contributed by atoms with E-state index in [1.165, 1.54) is 18.2 Å². The Balaban J connectivity index is 1.90. The number of carbonyl (C=O) groups excluding carboxylic acids is 1. The maximum absolute atomic E-state index is 13.5. The molecule has 1 aromatic rings. The van der Waals surface area contributed by atoms with Gasteiger partial charge in [-0.2, -0.15) is 0 Å². The highest BCUT2D eigenvalue weighted by Gasteiger charge is 2.25. The van der Waals surface area contributed by atoms with Crippen LogP contribution in [0.15, 0.2) is 34.8 Å². The quantitative estimate of drug-likeness (QED) is 0.739. The minimum absolute atomic E-state index is 0.0578. The van der Waals surface area contributed by atoms with Gasteiger partial charge in [-0.25, -0.2) is 9.18 Å². The van der Waals surface area contributed by atoms with Gasteiger partial charge in [-0.1, -0.05) is 28.1 Å². The number of urea groups is 1. The van der Waals surface area contributed by atoms with E-state index in [4.69, 9.17) is 5.11 Å². The number of aliphatic carboxylic acids is 1. The first-order chi connectivity index (χ1) is 9.45.